The first kappa shape index (κ1) is 12.6. The number of aliphatic imine (C=N–C) groups is 1. The number of hydrogen-bond acceptors (Lipinski definition) is 1. The zero-order valence-electron chi connectivity index (χ0n) is 11.1. The Bertz CT molecular complexity index is 509. The highest BCUT2D eigenvalue weighted by molar-refractivity contribution is 6.00. The van der Waals surface area contributed by atoms with Gasteiger partial charge in [-0.15, -0.1) is 0 Å². The Labute approximate surface area is 109 Å². The Hall–Kier alpha value is -1.89. The molecule has 0 aliphatic heterocycles. The molecule has 0 unspecified atom stereocenters. The van der Waals surface area contributed by atoms with Crippen molar-refractivity contribution in [1.29, 1.82) is 0 Å². The summed E-state index contributed by atoms with van der Waals surface area (Å²) in [5.74, 6) is 0. The van der Waals surface area contributed by atoms with Gasteiger partial charge in [-0.3, -0.25) is 4.99 Å². The van der Waals surface area contributed by atoms with Crippen LogP contribution in [0.5, 0.6) is 0 Å². The Morgan fingerprint density at radius 3 is 2.22 bits per heavy atom. The molecule has 92 valence electrons. The minimum atomic E-state index is 0.990. The number of hydrogen-bond donors (Lipinski definition) is 0. The Balaban J connectivity index is 2.05. The molecule has 0 atom stereocenters. The molecule has 0 bridgehead atoms. The molecule has 0 aromatic heterocycles. The van der Waals surface area contributed by atoms with Crippen LogP contribution in [0.3, 0.4) is 0 Å². The molecule has 0 heterocycles. The molecule has 0 radical (unpaired) electrons. The molecule has 0 saturated heterocycles. The highest BCUT2D eigenvalue weighted by Crippen LogP contribution is 2.10. The Morgan fingerprint density at radius 1 is 0.944 bits per heavy atom. The predicted octanol–water partition coefficient (Wildman–Crippen LogP) is 4.05. The van der Waals surface area contributed by atoms with E-state index in [1.54, 1.807) is 0 Å². The van der Waals surface area contributed by atoms with Gasteiger partial charge in [0.15, 0.2) is 0 Å². The average molecular weight is 237 g/mol. The quantitative estimate of drug-likeness (QED) is 0.711. The lowest BCUT2D eigenvalue weighted by Gasteiger charge is -2.06. The predicted molar refractivity (Wildman–Crippen MR) is 78.4 cm³/mol. The van der Waals surface area contributed by atoms with Crippen molar-refractivity contribution < 1.29 is 0 Å². The van der Waals surface area contributed by atoms with E-state index in [4.69, 9.17) is 0 Å². The van der Waals surface area contributed by atoms with Gasteiger partial charge in [0.25, 0.3) is 0 Å². The number of rotatable bonds is 4. The van der Waals surface area contributed by atoms with Crippen LogP contribution in [0.2, 0.25) is 0 Å². The van der Waals surface area contributed by atoms with Gasteiger partial charge >= 0.3 is 0 Å². The maximum Gasteiger partial charge on any atom is 0.0420 e. The van der Waals surface area contributed by atoms with Gasteiger partial charge in [-0.1, -0.05) is 60.2 Å². The summed E-state index contributed by atoms with van der Waals surface area (Å²) in [7, 11) is 1.88. The van der Waals surface area contributed by atoms with E-state index in [2.05, 4.69) is 66.5 Å². The van der Waals surface area contributed by atoms with Crippen LogP contribution >= 0.6 is 0 Å². The van der Waals surface area contributed by atoms with E-state index in [1.165, 1.54) is 22.4 Å². The Morgan fingerprint density at radius 2 is 1.61 bits per heavy atom. The van der Waals surface area contributed by atoms with Crippen LogP contribution in [0, 0.1) is 6.92 Å². The molecule has 0 spiro atoms. The maximum absolute atomic E-state index is 4.42. The van der Waals surface area contributed by atoms with Crippen molar-refractivity contribution in [3.63, 3.8) is 0 Å². The topological polar surface area (TPSA) is 12.4 Å². The van der Waals surface area contributed by atoms with Crippen LogP contribution in [-0.2, 0) is 6.42 Å². The normalized spacial score (nSPS) is 11.6. The number of aryl methyl sites for hydroxylation is 2. The van der Waals surface area contributed by atoms with Gasteiger partial charge in [0.05, 0.1) is 0 Å². The standard InChI is InChI=1S/C17H19N/c1-14-8-11-16(12-9-14)17(18-2)13-10-15-6-4-3-5-7-15/h3-9,11-12H,10,13H2,1-2H3/b18-17+. The van der Waals surface area contributed by atoms with Crippen LogP contribution in [0.25, 0.3) is 0 Å². The molecule has 0 N–H and O–H groups in total. The summed E-state index contributed by atoms with van der Waals surface area (Å²) in [6, 6.07) is 19.2. The lowest BCUT2D eigenvalue weighted by atomic mass is 10.0. The van der Waals surface area contributed by atoms with E-state index >= 15 is 0 Å². The van der Waals surface area contributed by atoms with Crippen molar-refractivity contribution in [2.24, 2.45) is 4.99 Å². The van der Waals surface area contributed by atoms with Gasteiger partial charge in [-0.25, -0.2) is 0 Å². The van der Waals surface area contributed by atoms with Crippen molar-refractivity contribution >= 4 is 5.71 Å². The molecule has 0 aliphatic rings. The molecule has 0 saturated carbocycles. The first-order chi connectivity index (χ1) is 8.79. The summed E-state index contributed by atoms with van der Waals surface area (Å²) in [6.45, 7) is 2.11. The SMILES string of the molecule is C/N=C(\CCc1ccccc1)c1ccc(C)cc1. The maximum atomic E-state index is 4.42. The minimum absolute atomic E-state index is 0.990. The monoisotopic (exact) mass is 237 g/mol. The molecule has 0 amide bonds. The van der Waals surface area contributed by atoms with E-state index < -0.39 is 0 Å². The minimum Gasteiger partial charge on any atom is -0.292 e. The zero-order valence-corrected chi connectivity index (χ0v) is 11.1. The summed E-state index contributed by atoms with van der Waals surface area (Å²) in [4.78, 5) is 4.42. The van der Waals surface area contributed by atoms with Gasteiger partial charge < -0.3 is 0 Å². The summed E-state index contributed by atoms with van der Waals surface area (Å²) in [5.41, 5.74) is 5.07. The highest BCUT2D eigenvalue weighted by Gasteiger charge is 2.03. The van der Waals surface area contributed by atoms with E-state index in [1.807, 2.05) is 7.05 Å². The first-order valence-electron chi connectivity index (χ1n) is 6.36. The van der Waals surface area contributed by atoms with Crippen molar-refractivity contribution in [2.75, 3.05) is 7.05 Å². The van der Waals surface area contributed by atoms with Crippen LogP contribution in [-0.4, -0.2) is 12.8 Å². The molecule has 1 heteroatoms. The summed E-state index contributed by atoms with van der Waals surface area (Å²) in [5, 5.41) is 0. The smallest absolute Gasteiger partial charge is 0.0420 e. The largest absolute Gasteiger partial charge is 0.292 e. The van der Waals surface area contributed by atoms with Crippen LogP contribution < -0.4 is 0 Å². The molecule has 0 aliphatic carbocycles. The molecule has 18 heavy (non-hydrogen) atoms. The van der Waals surface area contributed by atoms with Crippen LogP contribution in [0.1, 0.15) is 23.1 Å². The van der Waals surface area contributed by atoms with Crippen LogP contribution in [0.15, 0.2) is 59.6 Å². The molecule has 2 aromatic carbocycles. The van der Waals surface area contributed by atoms with Crippen molar-refractivity contribution in [3.05, 3.63) is 71.3 Å². The highest BCUT2D eigenvalue weighted by atomic mass is 14.7. The lowest BCUT2D eigenvalue weighted by Crippen LogP contribution is -2.03. The third-order valence-electron chi connectivity index (χ3n) is 3.15. The number of nitrogens with zero attached hydrogens (tertiary/aromatic N) is 1. The first-order valence-corrected chi connectivity index (χ1v) is 6.36. The number of benzene rings is 2. The van der Waals surface area contributed by atoms with Gasteiger partial charge in [-0.2, -0.15) is 0 Å². The molecule has 1 nitrogen and oxygen atoms in total. The van der Waals surface area contributed by atoms with Crippen LogP contribution in [0.4, 0.5) is 0 Å². The molecule has 2 aromatic rings. The Kier molecular flexibility index (Phi) is 4.30. The van der Waals surface area contributed by atoms with Crippen molar-refractivity contribution in [3.8, 4) is 0 Å². The second kappa shape index (κ2) is 6.15. The molecular weight excluding hydrogens is 218 g/mol. The lowest BCUT2D eigenvalue weighted by molar-refractivity contribution is 1.03. The molecule has 0 fully saturated rings. The molecule has 2 rings (SSSR count). The van der Waals surface area contributed by atoms with E-state index in [-0.39, 0.29) is 0 Å². The fourth-order valence-electron chi connectivity index (χ4n) is 2.04. The summed E-state index contributed by atoms with van der Waals surface area (Å²) in [6.07, 6.45) is 2.03. The third kappa shape index (κ3) is 3.30. The van der Waals surface area contributed by atoms with Gasteiger partial charge in [-0.05, 0) is 30.9 Å². The fraction of sp³-hybridized carbons (Fsp3) is 0.235. The van der Waals surface area contributed by atoms with E-state index in [0.717, 1.165) is 12.8 Å². The summed E-state index contributed by atoms with van der Waals surface area (Å²) >= 11 is 0. The average Bonchev–Trinajstić information content (AvgIpc) is 2.42. The summed E-state index contributed by atoms with van der Waals surface area (Å²) < 4.78 is 0. The van der Waals surface area contributed by atoms with Gasteiger partial charge in [0.2, 0.25) is 0 Å². The van der Waals surface area contributed by atoms with Gasteiger partial charge in [0.1, 0.15) is 0 Å². The van der Waals surface area contributed by atoms with E-state index in [9.17, 15) is 0 Å². The second-order valence-electron chi connectivity index (χ2n) is 4.52. The molecular formula is C17H19N. The second-order valence-corrected chi connectivity index (χ2v) is 4.52. The van der Waals surface area contributed by atoms with Crippen molar-refractivity contribution in [2.45, 2.75) is 19.8 Å². The van der Waals surface area contributed by atoms with Gasteiger partial charge in [0, 0.05) is 12.8 Å². The van der Waals surface area contributed by atoms with E-state index in [0.29, 0.717) is 0 Å². The van der Waals surface area contributed by atoms with Crippen molar-refractivity contribution in [1.82, 2.24) is 0 Å². The fourth-order valence-corrected chi connectivity index (χ4v) is 2.04. The zero-order chi connectivity index (χ0) is 12.8. The third-order valence-corrected chi connectivity index (χ3v) is 3.15.